The predicted octanol–water partition coefficient (Wildman–Crippen LogP) is 1.64. The Kier molecular flexibility index (Phi) is 9.38. The lowest BCUT2D eigenvalue weighted by Gasteiger charge is -2.10. The molecule has 6 heteroatoms. The Labute approximate surface area is 143 Å². The molecule has 0 spiro atoms. The Morgan fingerprint density at radius 1 is 1.17 bits per heavy atom. The maximum Gasteiger partial charge on any atom is 0.251 e. The molecule has 24 heavy (non-hydrogen) atoms. The van der Waals surface area contributed by atoms with E-state index in [1.807, 2.05) is 26.0 Å². The second-order valence-electron chi connectivity index (χ2n) is 5.48. The van der Waals surface area contributed by atoms with Crippen LogP contribution in [0.25, 0.3) is 0 Å². The van der Waals surface area contributed by atoms with Crippen molar-refractivity contribution < 1.29 is 14.3 Å². The van der Waals surface area contributed by atoms with Crippen LogP contribution in [-0.2, 0) is 9.53 Å². The number of rotatable bonds is 10. The van der Waals surface area contributed by atoms with Gasteiger partial charge >= 0.3 is 0 Å². The van der Waals surface area contributed by atoms with Gasteiger partial charge in [-0.15, -0.1) is 0 Å². The standard InChI is InChI=1S/C18H27N3O3/c1-4-14(2)17(22)20-9-11-24-12-10-21-18(23)16-7-5-15(6-8-16)13-19-3/h5-8,13-14H,4,9-12H2,1-3H3,(H,20,22)(H,21,23). The molecule has 0 saturated carbocycles. The summed E-state index contributed by atoms with van der Waals surface area (Å²) in [4.78, 5) is 27.4. The Bertz CT molecular complexity index is 541. The number of nitrogens with one attached hydrogen (secondary N) is 2. The Hall–Kier alpha value is -2.21. The summed E-state index contributed by atoms with van der Waals surface area (Å²) in [6, 6.07) is 7.21. The second-order valence-corrected chi connectivity index (χ2v) is 5.48. The number of hydrogen-bond donors (Lipinski definition) is 2. The summed E-state index contributed by atoms with van der Waals surface area (Å²) in [5.74, 6) is -0.0612. The third kappa shape index (κ3) is 7.37. The molecule has 0 bridgehead atoms. The van der Waals surface area contributed by atoms with Gasteiger partial charge in [-0.25, -0.2) is 0 Å². The molecule has 1 aromatic rings. The molecule has 0 radical (unpaired) electrons. The zero-order valence-electron chi connectivity index (χ0n) is 14.7. The van der Waals surface area contributed by atoms with Gasteiger partial charge in [-0.1, -0.05) is 26.0 Å². The van der Waals surface area contributed by atoms with Crippen LogP contribution in [0.4, 0.5) is 0 Å². The minimum Gasteiger partial charge on any atom is -0.378 e. The molecule has 0 aliphatic heterocycles. The van der Waals surface area contributed by atoms with Crippen LogP contribution in [0.2, 0.25) is 0 Å². The smallest absolute Gasteiger partial charge is 0.251 e. The van der Waals surface area contributed by atoms with Crippen LogP contribution in [0.1, 0.15) is 36.2 Å². The minimum absolute atomic E-state index is 0.0271. The van der Waals surface area contributed by atoms with Crippen molar-refractivity contribution in [3.8, 4) is 0 Å². The maximum atomic E-state index is 11.9. The lowest BCUT2D eigenvalue weighted by molar-refractivity contribution is -0.124. The van der Waals surface area contributed by atoms with Crippen LogP contribution in [-0.4, -0.2) is 51.4 Å². The second kappa shape index (κ2) is 11.3. The molecule has 0 heterocycles. The molecule has 1 atom stereocenters. The van der Waals surface area contributed by atoms with Gasteiger partial charge in [0.15, 0.2) is 0 Å². The molecule has 0 fully saturated rings. The fourth-order valence-electron chi connectivity index (χ4n) is 1.92. The van der Waals surface area contributed by atoms with Crippen LogP contribution in [0, 0.1) is 5.92 Å². The van der Waals surface area contributed by atoms with E-state index >= 15 is 0 Å². The normalized spacial score (nSPS) is 12.1. The van der Waals surface area contributed by atoms with Gasteiger partial charge in [0, 0.05) is 37.8 Å². The summed E-state index contributed by atoms with van der Waals surface area (Å²) in [6.45, 7) is 5.63. The van der Waals surface area contributed by atoms with Crippen LogP contribution in [0.3, 0.4) is 0 Å². The number of aliphatic imine (C=N–C) groups is 1. The van der Waals surface area contributed by atoms with Crippen molar-refractivity contribution in [2.45, 2.75) is 20.3 Å². The molecule has 6 nitrogen and oxygen atoms in total. The fourth-order valence-corrected chi connectivity index (χ4v) is 1.92. The van der Waals surface area contributed by atoms with E-state index in [2.05, 4.69) is 15.6 Å². The van der Waals surface area contributed by atoms with Gasteiger partial charge in [0.2, 0.25) is 5.91 Å². The molecule has 2 N–H and O–H groups in total. The first-order valence-corrected chi connectivity index (χ1v) is 8.24. The molecule has 0 aliphatic carbocycles. The lowest BCUT2D eigenvalue weighted by atomic mass is 10.1. The predicted molar refractivity (Wildman–Crippen MR) is 95.6 cm³/mol. The minimum atomic E-state index is -0.135. The van der Waals surface area contributed by atoms with Crippen molar-refractivity contribution in [1.29, 1.82) is 0 Å². The quantitative estimate of drug-likeness (QED) is 0.505. The summed E-state index contributed by atoms with van der Waals surface area (Å²) in [5.41, 5.74) is 1.56. The highest BCUT2D eigenvalue weighted by molar-refractivity contribution is 5.95. The van der Waals surface area contributed by atoms with Gasteiger partial charge in [0.1, 0.15) is 0 Å². The van der Waals surface area contributed by atoms with Crippen LogP contribution < -0.4 is 10.6 Å². The number of nitrogens with zero attached hydrogens (tertiary/aromatic N) is 1. The average molecular weight is 333 g/mol. The van der Waals surface area contributed by atoms with Gasteiger partial charge in [-0.05, 0) is 24.1 Å². The SMILES string of the molecule is CCC(C)C(=O)NCCOCCNC(=O)c1ccc(C=NC)cc1. The third-order valence-electron chi connectivity index (χ3n) is 3.59. The summed E-state index contributed by atoms with van der Waals surface area (Å²) in [6.07, 6.45) is 2.56. The molecule has 0 aromatic heterocycles. The molecular formula is C18H27N3O3. The van der Waals surface area contributed by atoms with Crippen molar-refractivity contribution >= 4 is 18.0 Å². The monoisotopic (exact) mass is 333 g/mol. The van der Waals surface area contributed by atoms with Crippen molar-refractivity contribution in [3.63, 3.8) is 0 Å². The molecule has 0 aliphatic rings. The van der Waals surface area contributed by atoms with Crippen molar-refractivity contribution in [2.24, 2.45) is 10.9 Å². The molecule has 1 unspecified atom stereocenters. The zero-order valence-corrected chi connectivity index (χ0v) is 14.7. The Balaban J connectivity index is 2.14. The number of ether oxygens (including phenoxy) is 1. The first kappa shape index (κ1) is 19.8. The highest BCUT2D eigenvalue weighted by atomic mass is 16.5. The molecule has 132 valence electrons. The van der Waals surface area contributed by atoms with E-state index in [4.69, 9.17) is 4.74 Å². The van der Waals surface area contributed by atoms with Crippen LogP contribution in [0.15, 0.2) is 29.3 Å². The number of carbonyl (C=O) groups is 2. The van der Waals surface area contributed by atoms with E-state index < -0.39 is 0 Å². The summed E-state index contributed by atoms with van der Waals surface area (Å²) < 4.78 is 5.39. The van der Waals surface area contributed by atoms with Crippen LogP contribution >= 0.6 is 0 Å². The van der Waals surface area contributed by atoms with E-state index in [1.54, 1.807) is 25.4 Å². The Morgan fingerprint density at radius 3 is 2.38 bits per heavy atom. The van der Waals surface area contributed by atoms with Crippen molar-refractivity contribution in [2.75, 3.05) is 33.4 Å². The van der Waals surface area contributed by atoms with Crippen molar-refractivity contribution in [1.82, 2.24) is 10.6 Å². The van der Waals surface area contributed by atoms with E-state index in [0.29, 0.717) is 31.9 Å². The summed E-state index contributed by atoms with van der Waals surface area (Å²) in [5, 5.41) is 5.61. The van der Waals surface area contributed by atoms with E-state index in [9.17, 15) is 9.59 Å². The number of carbonyl (C=O) groups excluding carboxylic acids is 2. The van der Waals surface area contributed by atoms with Gasteiger partial charge in [0.25, 0.3) is 5.91 Å². The van der Waals surface area contributed by atoms with Crippen LogP contribution in [0.5, 0.6) is 0 Å². The molecule has 1 aromatic carbocycles. The van der Waals surface area contributed by atoms with Crippen molar-refractivity contribution in [3.05, 3.63) is 35.4 Å². The number of amides is 2. The molecule has 2 amide bonds. The lowest BCUT2D eigenvalue weighted by Crippen LogP contribution is -2.32. The fraction of sp³-hybridized carbons (Fsp3) is 0.500. The van der Waals surface area contributed by atoms with Gasteiger partial charge in [-0.2, -0.15) is 0 Å². The molecule has 1 rings (SSSR count). The summed E-state index contributed by atoms with van der Waals surface area (Å²) >= 11 is 0. The first-order chi connectivity index (χ1) is 11.6. The highest BCUT2D eigenvalue weighted by Gasteiger charge is 2.08. The van der Waals surface area contributed by atoms with Gasteiger partial charge in [-0.3, -0.25) is 14.6 Å². The topological polar surface area (TPSA) is 79.8 Å². The van der Waals surface area contributed by atoms with E-state index in [0.717, 1.165) is 12.0 Å². The summed E-state index contributed by atoms with van der Waals surface area (Å²) in [7, 11) is 1.70. The third-order valence-corrected chi connectivity index (χ3v) is 3.59. The molecular weight excluding hydrogens is 306 g/mol. The molecule has 0 saturated heterocycles. The number of benzene rings is 1. The number of hydrogen-bond acceptors (Lipinski definition) is 4. The Morgan fingerprint density at radius 2 is 1.79 bits per heavy atom. The average Bonchev–Trinajstić information content (AvgIpc) is 2.60. The highest BCUT2D eigenvalue weighted by Crippen LogP contribution is 2.02. The zero-order chi connectivity index (χ0) is 17.8. The van der Waals surface area contributed by atoms with Gasteiger partial charge < -0.3 is 15.4 Å². The van der Waals surface area contributed by atoms with Gasteiger partial charge in [0.05, 0.1) is 13.2 Å². The maximum absolute atomic E-state index is 11.9. The van der Waals surface area contributed by atoms with E-state index in [-0.39, 0.29) is 17.7 Å². The first-order valence-electron chi connectivity index (χ1n) is 8.24. The van der Waals surface area contributed by atoms with E-state index in [1.165, 1.54) is 0 Å². The largest absolute Gasteiger partial charge is 0.378 e.